The number of rotatable bonds is 5. The molecule has 19 heavy (non-hydrogen) atoms. The van der Waals surface area contributed by atoms with Crippen molar-refractivity contribution in [1.29, 1.82) is 0 Å². The number of benzene rings is 1. The van der Waals surface area contributed by atoms with Gasteiger partial charge in [0.15, 0.2) is 5.82 Å². The van der Waals surface area contributed by atoms with Gasteiger partial charge in [0, 0.05) is 6.54 Å². The molecule has 0 aliphatic carbocycles. The Hall–Kier alpha value is -1.69. The van der Waals surface area contributed by atoms with Gasteiger partial charge in [0.05, 0.1) is 11.3 Å². The van der Waals surface area contributed by atoms with Crippen molar-refractivity contribution >= 4 is 11.6 Å². The van der Waals surface area contributed by atoms with E-state index in [0.717, 1.165) is 12.1 Å². The normalized spacial score (nSPS) is 11.4. The lowest BCUT2D eigenvalue weighted by Crippen LogP contribution is -2.42. The van der Waals surface area contributed by atoms with Gasteiger partial charge in [-0.3, -0.25) is 4.79 Å². The molecule has 0 aliphatic rings. The third-order valence-electron chi connectivity index (χ3n) is 3.24. The third-order valence-corrected chi connectivity index (χ3v) is 3.24. The minimum atomic E-state index is -1.09. The molecule has 6 heteroatoms. The number of hydrogen-bond acceptors (Lipinski definition) is 3. The van der Waals surface area contributed by atoms with Crippen molar-refractivity contribution in [1.82, 2.24) is 5.32 Å². The van der Waals surface area contributed by atoms with Gasteiger partial charge in [-0.25, -0.2) is 8.78 Å². The summed E-state index contributed by atoms with van der Waals surface area (Å²) in [5.74, 6) is -3.00. The van der Waals surface area contributed by atoms with Gasteiger partial charge in [0.1, 0.15) is 11.4 Å². The highest BCUT2D eigenvalue weighted by Crippen LogP contribution is 2.19. The maximum Gasteiger partial charge on any atom is 0.257 e. The first kappa shape index (κ1) is 15.4. The van der Waals surface area contributed by atoms with E-state index < -0.39 is 28.7 Å². The minimum Gasteiger partial charge on any atom is -0.396 e. The maximum absolute atomic E-state index is 13.6. The minimum absolute atomic E-state index is 0.0769. The number of nitrogen functional groups attached to an aromatic ring is 1. The SMILES string of the molecule is CCC(O)(CC)CNC(=O)c1c(F)ccc(N)c1F. The van der Waals surface area contributed by atoms with E-state index >= 15 is 0 Å². The van der Waals surface area contributed by atoms with Crippen molar-refractivity contribution in [3.05, 3.63) is 29.3 Å². The van der Waals surface area contributed by atoms with Gasteiger partial charge < -0.3 is 16.2 Å². The molecular formula is C13H18F2N2O2. The molecule has 1 aromatic carbocycles. The highest BCUT2D eigenvalue weighted by molar-refractivity contribution is 5.95. The topological polar surface area (TPSA) is 75.3 Å². The van der Waals surface area contributed by atoms with Crippen LogP contribution >= 0.6 is 0 Å². The van der Waals surface area contributed by atoms with E-state index in [2.05, 4.69) is 5.32 Å². The first-order chi connectivity index (χ1) is 8.84. The molecule has 0 saturated carbocycles. The summed E-state index contributed by atoms with van der Waals surface area (Å²) in [4.78, 5) is 11.8. The van der Waals surface area contributed by atoms with E-state index in [1.165, 1.54) is 0 Å². The Labute approximate surface area is 110 Å². The van der Waals surface area contributed by atoms with Gasteiger partial charge >= 0.3 is 0 Å². The van der Waals surface area contributed by atoms with Crippen molar-refractivity contribution in [2.24, 2.45) is 0 Å². The van der Waals surface area contributed by atoms with Crippen LogP contribution in [0.15, 0.2) is 12.1 Å². The zero-order valence-corrected chi connectivity index (χ0v) is 11.0. The number of nitrogens with one attached hydrogen (secondary N) is 1. The fourth-order valence-corrected chi connectivity index (χ4v) is 1.61. The van der Waals surface area contributed by atoms with Crippen LogP contribution in [0.3, 0.4) is 0 Å². The number of carbonyl (C=O) groups excluding carboxylic acids is 1. The van der Waals surface area contributed by atoms with Crippen LogP contribution in [0, 0.1) is 11.6 Å². The molecule has 1 aromatic rings. The summed E-state index contributed by atoms with van der Waals surface area (Å²) in [5.41, 5.74) is 3.18. The molecular weight excluding hydrogens is 254 g/mol. The van der Waals surface area contributed by atoms with Crippen LogP contribution < -0.4 is 11.1 Å². The lowest BCUT2D eigenvalue weighted by atomic mass is 9.97. The van der Waals surface area contributed by atoms with Gasteiger partial charge in [-0.05, 0) is 25.0 Å². The number of carbonyl (C=O) groups is 1. The van der Waals surface area contributed by atoms with Crippen LogP contribution in [0.5, 0.6) is 0 Å². The molecule has 0 radical (unpaired) electrons. The van der Waals surface area contributed by atoms with E-state index in [4.69, 9.17) is 5.73 Å². The van der Waals surface area contributed by atoms with Gasteiger partial charge in [-0.1, -0.05) is 13.8 Å². The molecule has 0 bridgehead atoms. The molecule has 0 spiro atoms. The molecule has 0 unspecified atom stereocenters. The smallest absolute Gasteiger partial charge is 0.257 e. The second kappa shape index (κ2) is 5.97. The number of amides is 1. The Kier molecular flexibility index (Phi) is 4.83. The molecule has 1 rings (SSSR count). The summed E-state index contributed by atoms with van der Waals surface area (Å²) < 4.78 is 27.1. The Morgan fingerprint density at radius 3 is 2.47 bits per heavy atom. The predicted octanol–water partition coefficient (Wildman–Crippen LogP) is 1.83. The van der Waals surface area contributed by atoms with E-state index in [1.54, 1.807) is 13.8 Å². The van der Waals surface area contributed by atoms with E-state index in [0.29, 0.717) is 12.8 Å². The van der Waals surface area contributed by atoms with Gasteiger partial charge in [0.25, 0.3) is 5.91 Å². The summed E-state index contributed by atoms with van der Waals surface area (Å²) in [6, 6.07) is 1.98. The zero-order valence-electron chi connectivity index (χ0n) is 11.0. The predicted molar refractivity (Wildman–Crippen MR) is 68.6 cm³/mol. The lowest BCUT2D eigenvalue weighted by molar-refractivity contribution is 0.0312. The Morgan fingerprint density at radius 2 is 1.95 bits per heavy atom. The standard InChI is InChI=1S/C13H18F2N2O2/c1-3-13(19,4-2)7-17-12(18)10-8(14)5-6-9(16)11(10)15/h5-6,19H,3-4,7,16H2,1-2H3,(H,17,18). The summed E-state index contributed by atoms with van der Waals surface area (Å²) in [6.07, 6.45) is 0.845. The zero-order chi connectivity index (χ0) is 14.6. The first-order valence-electron chi connectivity index (χ1n) is 6.08. The fraction of sp³-hybridized carbons (Fsp3) is 0.462. The molecule has 0 aromatic heterocycles. The van der Waals surface area contributed by atoms with Crippen molar-refractivity contribution in [3.8, 4) is 0 Å². The van der Waals surface area contributed by atoms with Crippen molar-refractivity contribution in [3.63, 3.8) is 0 Å². The van der Waals surface area contributed by atoms with Crippen LogP contribution in [0.1, 0.15) is 37.0 Å². The molecule has 0 fully saturated rings. The molecule has 106 valence electrons. The Morgan fingerprint density at radius 1 is 1.37 bits per heavy atom. The third kappa shape index (κ3) is 3.41. The Bertz CT molecular complexity index is 474. The average molecular weight is 272 g/mol. The van der Waals surface area contributed by atoms with E-state index in [1.807, 2.05) is 0 Å². The number of nitrogens with two attached hydrogens (primary N) is 1. The summed E-state index contributed by atoms with van der Waals surface area (Å²) >= 11 is 0. The fourth-order valence-electron chi connectivity index (χ4n) is 1.61. The second-order valence-electron chi connectivity index (χ2n) is 4.44. The average Bonchev–Trinajstić information content (AvgIpc) is 2.40. The molecule has 1 amide bonds. The molecule has 0 atom stereocenters. The van der Waals surface area contributed by atoms with Crippen molar-refractivity contribution < 1.29 is 18.7 Å². The van der Waals surface area contributed by atoms with Gasteiger partial charge in [0.2, 0.25) is 0 Å². The van der Waals surface area contributed by atoms with Crippen molar-refractivity contribution in [2.45, 2.75) is 32.3 Å². The van der Waals surface area contributed by atoms with Crippen LogP contribution in [-0.2, 0) is 0 Å². The van der Waals surface area contributed by atoms with Crippen LogP contribution in [0.4, 0.5) is 14.5 Å². The molecule has 4 N–H and O–H groups in total. The lowest BCUT2D eigenvalue weighted by Gasteiger charge is -2.25. The van der Waals surface area contributed by atoms with E-state index in [-0.39, 0.29) is 12.2 Å². The number of hydrogen-bond donors (Lipinski definition) is 3. The molecule has 0 heterocycles. The van der Waals surface area contributed by atoms with Gasteiger partial charge in [-0.2, -0.15) is 0 Å². The summed E-state index contributed by atoms with van der Waals surface area (Å²) in [7, 11) is 0. The van der Waals surface area contributed by atoms with Crippen LogP contribution in [0.2, 0.25) is 0 Å². The number of halogens is 2. The molecule has 0 saturated heterocycles. The molecule has 4 nitrogen and oxygen atoms in total. The van der Waals surface area contributed by atoms with Crippen molar-refractivity contribution in [2.75, 3.05) is 12.3 Å². The summed E-state index contributed by atoms with van der Waals surface area (Å²) in [5, 5.41) is 12.3. The quantitative estimate of drug-likeness (QED) is 0.716. The Balaban J connectivity index is 2.88. The monoisotopic (exact) mass is 272 g/mol. The molecule has 0 aliphatic heterocycles. The highest BCUT2D eigenvalue weighted by Gasteiger charge is 2.25. The summed E-state index contributed by atoms with van der Waals surface area (Å²) in [6.45, 7) is 3.45. The number of aliphatic hydroxyl groups is 1. The second-order valence-corrected chi connectivity index (χ2v) is 4.44. The first-order valence-corrected chi connectivity index (χ1v) is 6.08. The largest absolute Gasteiger partial charge is 0.396 e. The van der Waals surface area contributed by atoms with E-state index in [9.17, 15) is 18.7 Å². The van der Waals surface area contributed by atoms with Crippen LogP contribution in [-0.4, -0.2) is 23.2 Å². The highest BCUT2D eigenvalue weighted by atomic mass is 19.1. The van der Waals surface area contributed by atoms with Crippen LogP contribution in [0.25, 0.3) is 0 Å². The number of anilines is 1. The maximum atomic E-state index is 13.6. The van der Waals surface area contributed by atoms with Gasteiger partial charge in [-0.15, -0.1) is 0 Å².